The van der Waals surface area contributed by atoms with E-state index in [0.717, 1.165) is 22.6 Å². The quantitative estimate of drug-likeness (QED) is 0.469. The molecule has 8 nitrogen and oxygen atoms in total. The first-order valence-electron chi connectivity index (χ1n) is 9.54. The molecule has 2 aromatic heterocycles. The number of carbonyl (C=O) groups excluding carboxylic acids is 1. The first-order valence-corrected chi connectivity index (χ1v) is 10.5. The van der Waals surface area contributed by atoms with Gasteiger partial charge in [0.1, 0.15) is 11.9 Å². The predicted molar refractivity (Wildman–Crippen MR) is 118 cm³/mol. The molecule has 0 bridgehead atoms. The second kappa shape index (κ2) is 8.85. The summed E-state index contributed by atoms with van der Waals surface area (Å²) in [5.41, 5.74) is 3.88. The van der Waals surface area contributed by atoms with E-state index in [9.17, 15) is 10.1 Å². The molecule has 0 aliphatic heterocycles. The Labute approximate surface area is 183 Å². The summed E-state index contributed by atoms with van der Waals surface area (Å²) in [7, 11) is 0. The number of hydrogen-bond donors (Lipinski definition) is 1. The van der Waals surface area contributed by atoms with Gasteiger partial charge in [0.05, 0.1) is 17.0 Å². The number of para-hydroxylation sites is 2. The van der Waals surface area contributed by atoms with E-state index in [2.05, 4.69) is 26.9 Å². The normalized spacial score (nSPS) is 10.6. The second-order valence-electron chi connectivity index (χ2n) is 6.76. The lowest BCUT2D eigenvalue weighted by atomic mass is 10.2. The Morgan fingerprint density at radius 1 is 1.06 bits per heavy atom. The van der Waals surface area contributed by atoms with E-state index in [0.29, 0.717) is 16.5 Å². The monoisotopic (exact) mass is 429 g/mol. The highest BCUT2D eigenvalue weighted by Crippen LogP contribution is 2.30. The maximum absolute atomic E-state index is 12.8. The zero-order valence-corrected chi connectivity index (χ0v) is 17.8. The van der Waals surface area contributed by atoms with Crippen LogP contribution in [0.4, 0.5) is 5.82 Å². The van der Waals surface area contributed by atoms with Gasteiger partial charge in [-0.25, -0.2) is 0 Å². The molecule has 31 heavy (non-hydrogen) atoms. The summed E-state index contributed by atoms with van der Waals surface area (Å²) in [4.78, 5) is 12.8. The van der Waals surface area contributed by atoms with Crippen LogP contribution in [-0.2, 0) is 4.79 Å². The number of carbonyl (C=O) groups is 1. The lowest BCUT2D eigenvalue weighted by Gasteiger charge is -2.13. The van der Waals surface area contributed by atoms with Crippen molar-refractivity contribution >= 4 is 23.5 Å². The molecule has 9 heteroatoms. The Hall–Kier alpha value is -3.90. The molecular formula is C22H19N7OS. The van der Waals surface area contributed by atoms with Crippen molar-refractivity contribution in [3.8, 4) is 17.4 Å². The van der Waals surface area contributed by atoms with Gasteiger partial charge in [-0.1, -0.05) is 48.2 Å². The fraction of sp³-hybridized carbons (Fsp3) is 0.136. The van der Waals surface area contributed by atoms with E-state index in [1.54, 1.807) is 4.68 Å². The maximum Gasteiger partial charge on any atom is 0.236 e. The minimum Gasteiger partial charge on any atom is -0.310 e. The molecule has 1 amide bonds. The van der Waals surface area contributed by atoms with Crippen molar-refractivity contribution in [1.29, 1.82) is 5.26 Å². The summed E-state index contributed by atoms with van der Waals surface area (Å²) in [6.45, 7) is 3.81. The number of hydrogen-bond acceptors (Lipinski definition) is 6. The minimum atomic E-state index is -0.251. The molecule has 154 valence electrons. The van der Waals surface area contributed by atoms with Gasteiger partial charge in [0.2, 0.25) is 11.1 Å². The molecule has 2 aromatic carbocycles. The van der Waals surface area contributed by atoms with Crippen LogP contribution in [0.25, 0.3) is 11.4 Å². The van der Waals surface area contributed by atoms with E-state index in [-0.39, 0.29) is 11.7 Å². The third kappa shape index (κ3) is 4.06. The Kier molecular flexibility index (Phi) is 5.82. The largest absolute Gasteiger partial charge is 0.310 e. The number of benzene rings is 2. The topological polar surface area (TPSA) is 101 Å². The summed E-state index contributed by atoms with van der Waals surface area (Å²) >= 11 is 1.22. The van der Waals surface area contributed by atoms with Crippen LogP contribution in [0.1, 0.15) is 16.8 Å². The molecule has 4 rings (SSSR count). The number of tetrazole rings is 1. The lowest BCUT2D eigenvalue weighted by Crippen LogP contribution is -2.18. The molecule has 1 N–H and O–H groups in total. The average molecular weight is 430 g/mol. The van der Waals surface area contributed by atoms with Gasteiger partial charge in [-0.05, 0) is 54.1 Å². The van der Waals surface area contributed by atoms with Gasteiger partial charge in [-0.15, -0.1) is 5.10 Å². The number of nitrogens with one attached hydrogen (secondary N) is 1. The highest BCUT2D eigenvalue weighted by molar-refractivity contribution is 7.99. The number of amides is 1. The van der Waals surface area contributed by atoms with Crippen molar-refractivity contribution in [1.82, 2.24) is 24.8 Å². The van der Waals surface area contributed by atoms with Gasteiger partial charge in [0.15, 0.2) is 0 Å². The Morgan fingerprint density at radius 3 is 2.35 bits per heavy atom. The van der Waals surface area contributed by atoms with E-state index in [1.807, 2.05) is 79.1 Å². The molecule has 0 fully saturated rings. The third-order valence-electron chi connectivity index (χ3n) is 4.87. The van der Waals surface area contributed by atoms with Crippen molar-refractivity contribution in [3.63, 3.8) is 0 Å². The number of nitrogens with zero attached hydrogens (tertiary/aromatic N) is 6. The van der Waals surface area contributed by atoms with Crippen LogP contribution < -0.4 is 5.32 Å². The maximum atomic E-state index is 12.8. The zero-order chi connectivity index (χ0) is 21.8. The first-order chi connectivity index (χ1) is 15.1. The first kappa shape index (κ1) is 20.4. The molecule has 0 saturated heterocycles. The fourth-order valence-electron chi connectivity index (χ4n) is 3.26. The summed E-state index contributed by atoms with van der Waals surface area (Å²) in [5, 5.41) is 24.8. The van der Waals surface area contributed by atoms with Crippen molar-refractivity contribution in [2.75, 3.05) is 11.1 Å². The molecule has 4 aromatic rings. The molecule has 0 unspecified atom stereocenters. The predicted octanol–water partition coefficient (Wildman–Crippen LogP) is 3.67. The van der Waals surface area contributed by atoms with Gasteiger partial charge in [0, 0.05) is 11.4 Å². The highest BCUT2D eigenvalue weighted by Gasteiger charge is 2.21. The van der Waals surface area contributed by atoms with E-state index >= 15 is 0 Å². The molecule has 0 aliphatic rings. The number of nitriles is 1. The molecular weight excluding hydrogens is 410 g/mol. The van der Waals surface area contributed by atoms with E-state index < -0.39 is 0 Å². The minimum absolute atomic E-state index is 0.0934. The van der Waals surface area contributed by atoms with Crippen LogP contribution in [0.5, 0.6) is 0 Å². The van der Waals surface area contributed by atoms with Crippen LogP contribution in [0.2, 0.25) is 0 Å². The van der Waals surface area contributed by atoms with Crippen LogP contribution in [0, 0.1) is 25.2 Å². The average Bonchev–Trinajstić information content (AvgIpc) is 3.36. The Balaban J connectivity index is 1.56. The number of thioether (sulfide) groups is 1. The molecule has 0 spiro atoms. The smallest absolute Gasteiger partial charge is 0.236 e. The van der Waals surface area contributed by atoms with Crippen molar-refractivity contribution in [2.45, 2.75) is 19.0 Å². The molecule has 0 atom stereocenters. The van der Waals surface area contributed by atoms with Crippen LogP contribution in [0.15, 0.2) is 65.8 Å². The number of rotatable bonds is 6. The fourth-order valence-corrected chi connectivity index (χ4v) is 3.95. The van der Waals surface area contributed by atoms with Gasteiger partial charge in [0.25, 0.3) is 0 Å². The van der Waals surface area contributed by atoms with Crippen LogP contribution in [-0.4, -0.2) is 36.4 Å². The zero-order valence-electron chi connectivity index (χ0n) is 17.0. The summed E-state index contributed by atoms with van der Waals surface area (Å²) in [6.07, 6.45) is 0. The van der Waals surface area contributed by atoms with E-state index in [4.69, 9.17) is 0 Å². The molecule has 2 heterocycles. The summed E-state index contributed by atoms with van der Waals surface area (Å²) in [6, 6.07) is 21.3. The second-order valence-corrected chi connectivity index (χ2v) is 7.70. The van der Waals surface area contributed by atoms with Gasteiger partial charge < -0.3 is 5.32 Å². The van der Waals surface area contributed by atoms with Crippen molar-refractivity contribution < 1.29 is 4.79 Å². The molecule has 0 aliphatic carbocycles. The SMILES string of the molecule is Cc1c(C#N)c(NC(=O)CSc2nnnn2-c2ccccc2)n(-c2ccccc2)c1C. The van der Waals surface area contributed by atoms with Crippen molar-refractivity contribution in [3.05, 3.63) is 77.5 Å². The van der Waals surface area contributed by atoms with Crippen LogP contribution >= 0.6 is 11.8 Å². The Morgan fingerprint density at radius 2 is 1.71 bits per heavy atom. The standard InChI is InChI=1S/C22H19N7OS/c1-15-16(2)28(17-9-5-3-6-10-17)21(19(15)13-23)24-20(30)14-31-22-25-26-27-29(22)18-11-7-4-8-12-18/h3-12H,14H2,1-2H3,(H,24,30). The van der Waals surface area contributed by atoms with Gasteiger partial charge in [-0.3, -0.25) is 9.36 Å². The highest BCUT2D eigenvalue weighted by atomic mass is 32.2. The summed E-state index contributed by atoms with van der Waals surface area (Å²) in [5.74, 6) is 0.312. The number of aromatic nitrogens is 5. The third-order valence-corrected chi connectivity index (χ3v) is 5.79. The van der Waals surface area contributed by atoms with Crippen LogP contribution in [0.3, 0.4) is 0 Å². The van der Waals surface area contributed by atoms with Gasteiger partial charge in [-0.2, -0.15) is 9.94 Å². The van der Waals surface area contributed by atoms with Gasteiger partial charge >= 0.3 is 0 Å². The van der Waals surface area contributed by atoms with E-state index in [1.165, 1.54) is 11.8 Å². The summed E-state index contributed by atoms with van der Waals surface area (Å²) < 4.78 is 3.48. The Bertz CT molecular complexity index is 1260. The van der Waals surface area contributed by atoms with Crippen molar-refractivity contribution in [2.24, 2.45) is 0 Å². The lowest BCUT2D eigenvalue weighted by molar-refractivity contribution is -0.113. The molecule has 0 radical (unpaired) electrons. The molecule has 0 saturated carbocycles. The number of anilines is 1.